The molecule has 142 valence electrons. The Labute approximate surface area is 158 Å². The number of nitrogens with zero attached hydrogens (tertiary/aromatic N) is 2. The summed E-state index contributed by atoms with van der Waals surface area (Å²) in [6.45, 7) is 3.92. The summed E-state index contributed by atoms with van der Waals surface area (Å²) in [5, 5.41) is 0. The third-order valence-electron chi connectivity index (χ3n) is 5.96. The van der Waals surface area contributed by atoms with Crippen molar-refractivity contribution in [1.82, 2.24) is 9.88 Å². The van der Waals surface area contributed by atoms with Crippen LogP contribution in [-0.4, -0.2) is 40.5 Å². The third-order valence-corrected chi connectivity index (χ3v) is 5.96. The largest absolute Gasteiger partial charge is 0.465 e. The highest BCUT2D eigenvalue weighted by Crippen LogP contribution is 2.52. The lowest BCUT2D eigenvalue weighted by Gasteiger charge is -2.35. The van der Waals surface area contributed by atoms with Crippen LogP contribution in [0.1, 0.15) is 48.0 Å². The Morgan fingerprint density at radius 2 is 2.07 bits per heavy atom. The molecule has 0 spiro atoms. The minimum Gasteiger partial charge on any atom is -0.465 e. The summed E-state index contributed by atoms with van der Waals surface area (Å²) in [7, 11) is 0. The van der Waals surface area contributed by atoms with E-state index < -0.39 is 5.41 Å². The summed E-state index contributed by atoms with van der Waals surface area (Å²) in [6, 6.07) is 9.81. The van der Waals surface area contributed by atoms with E-state index in [2.05, 4.69) is 4.98 Å². The number of carbonyl (C=O) groups excluding carboxylic acids is 2. The SMILES string of the molecule is CCOC(=O)[C@@]1(Cc2ccccc2)C[C@H]2CC[C@@H]1N2C(=O)c1ocnc1C. The number of hydrogen-bond acceptors (Lipinski definition) is 5. The average molecular weight is 368 g/mol. The quantitative estimate of drug-likeness (QED) is 0.758. The molecule has 0 N–H and O–H groups in total. The number of aromatic nitrogens is 1. The molecular formula is C21H24N2O4. The highest BCUT2D eigenvalue weighted by atomic mass is 16.5. The van der Waals surface area contributed by atoms with E-state index in [1.165, 1.54) is 6.39 Å². The Bertz CT molecular complexity index is 847. The molecule has 2 saturated heterocycles. The van der Waals surface area contributed by atoms with E-state index >= 15 is 0 Å². The molecule has 3 atom stereocenters. The molecular weight excluding hydrogens is 344 g/mol. The predicted octanol–water partition coefficient (Wildman–Crippen LogP) is 3.15. The average Bonchev–Trinajstić information content (AvgIpc) is 3.35. The molecule has 0 unspecified atom stereocenters. The Hall–Kier alpha value is -2.63. The van der Waals surface area contributed by atoms with Crippen LogP contribution in [0.15, 0.2) is 41.1 Å². The predicted molar refractivity (Wildman–Crippen MR) is 98.0 cm³/mol. The van der Waals surface area contributed by atoms with E-state index in [1.54, 1.807) is 6.92 Å². The number of amides is 1. The Morgan fingerprint density at radius 1 is 1.30 bits per heavy atom. The van der Waals surface area contributed by atoms with Crippen LogP contribution < -0.4 is 0 Å². The number of benzene rings is 1. The fourth-order valence-electron chi connectivity index (χ4n) is 4.83. The molecule has 1 aromatic heterocycles. The maximum Gasteiger partial charge on any atom is 0.314 e. The zero-order valence-electron chi connectivity index (χ0n) is 15.7. The number of hydrogen-bond donors (Lipinski definition) is 0. The molecule has 0 saturated carbocycles. The number of ether oxygens (including phenoxy) is 1. The molecule has 3 heterocycles. The van der Waals surface area contributed by atoms with Gasteiger partial charge in [-0.1, -0.05) is 30.3 Å². The zero-order chi connectivity index (χ0) is 19.0. The van der Waals surface area contributed by atoms with Crippen LogP contribution in [0.3, 0.4) is 0 Å². The van der Waals surface area contributed by atoms with Crippen molar-refractivity contribution in [3.05, 3.63) is 53.7 Å². The lowest BCUT2D eigenvalue weighted by Crippen LogP contribution is -2.47. The minimum absolute atomic E-state index is 0.0279. The number of aryl methyl sites for hydroxylation is 1. The Morgan fingerprint density at radius 3 is 2.74 bits per heavy atom. The van der Waals surface area contributed by atoms with Crippen molar-refractivity contribution in [2.24, 2.45) is 5.41 Å². The van der Waals surface area contributed by atoms with Gasteiger partial charge in [0.15, 0.2) is 6.39 Å². The monoisotopic (exact) mass is 368 g/mol. The van der Waals surface area contributed by atoms with Gasteiger partial charge in [0.05, 0.1) is 17.7 Å². The minimum atomic E-state index is -0.704. The maximum atomic E-state index is 13.2. The molecule has 1 aromatic carbocycles. The van der Waals surface area contributed by atoms with Gasteiger partial charge in [0.1, 0.15) is 0 Å². The van der Waals surface area contributed by atoms with Crippen LogP contribution in [0.2, 0.25) is 0 Å². The second-order valence-corrected chi connectivity index (χ2v) is 7.47. The van der Waals surface area contributed by atoms with Crippen molar-refractivity contribution in [2.75, 3.05) is 6.61 Å². The smallest absolute Gasteiger partial charge is 0.314 e. The summed E-state index contributed by atoms with van der Waals surface area (Å²) in [4.78, 5) is 32.1. The summed E-state index contributed by atoms with van der Waals surface area (Å²) in [5.74, 6) is -0.101. The number of esters is 1. The van der Waals surface area contributed by atoms with Crippen LogP contribution in [0.5, 0.6) is 0 Å². The van der Waals surface area contributed by atoms with Crippen molar-refractivity contribution < 1.29 is 18.7 Å². The summed E-state index contributed by atoms with van der Waals surface area (Å²) in [6.07, 6.45) is 4.20. The van der Waals surface area contributed by atoms with Crippen molar-refractivity contribution >= 4 is 11.9 Å². The Balaban J connectivity index is 1.70. The fourth-order valence-corrected chi connectivity index (χ4v) is 4.83. The highest BCUT2D eigenvalue weighted by Gasteiger charge is 2.62. The first-order valence-electron chi connectivity index (χ1n) is 9.50. The standard InChI is InChI=1S/C21H24N2O4/c1-3-26-20(25)21(11-15-7-5-4-6-8-15)12-16-9-10-17(21)23(16)19(24)18-14(2)22-13-27-18/h4-8,13,16-17H,3,9-12H2,1-2H3/t16-,17+,21+/m1/s1. The second-order valence-electron chi connectivity index (χ2n) is 7.47. The first kappa shape index (κ1) is 17.8. The summed E-state index contributed by atoms with van der Waals surface area (Å²) in [5.41, 5.74) is 0.960. The van der Waals surface area contributed by atoms with Gasteiger partial charge < -0.3 is 14.1 Å². The van der Waals surface area contributed by atoms with E-state index in [0.29, 0.717) is 25.1 Å². The molecule has 2 aliphatic rings. The van der Waals surface area contributed by atoms with Crippen molar-refractivity contribution in [3.63, 3.8) is 0 Å². The van der Waals surface area contributed by atoms with Crippen molar-refractivity contribution in [2.45, 2.75) is 51.6 Å². The lowest BCUT2D eigenvalue weighted by atomic mass is 9.70. The van der Waals surface area contributed by atoms with Crippen LogP contribution >= 0.6 is 0 Å². The van der Waals surface area contributed by atoms with Gasteiger partial charge in [-0.25, -0.2) is 4.98 Å². The topological polar surface area (TPSA) is 72.6 Å². The van der Waals surface area contributed by atoms with E-state index in [4.69, 9.17) is 9.15 Å². The number of rotatable bonds is 5. The van der Waals surface area contributed by atoms with Crippen molar-refractivity contribution in [1.29, 1.82) is 0 Å². The molecule has 2 fully saturated rings. The van der Waals surface area contributed by atoms with E-state index in [1.807, 2.05) is 42.2 Å². The van der Waals surface area contributed by atoms with Crippen LogP contribution in [0.25, 0.3) is 0 Å². The second kappa shape index (κ2) is 6.83. The molecule has 2 aromatic rings. The van der Waals surface area contributed by atoms with Crippen LogP contribution in [-0.2, 0) is 16.0 Å². The maximum absolute atomic E-state index is 13.2. The normalized spacial score (nSPS) is 26.4. The van der Waals surface area contributed by atoms with E-state index in [-0.39, 0.29) is 29.7 Å². The van der Waals surface area contributed by atoms with Crippen molar-refractivity contribution in [3.8, 4) is 0 Å². The number of fused-ring (bicyclic) bond motifs is 2. The molecule has 0 aliphatic carbocycles. The van der Waals surface area contributed by atoms with Gasteiger partial charge in [0.25, 0.3) is 5.91 Å². The highest BCUT2D eigenvalue weighted by molar-refractivity contribution is 5.94. The zero-order valence-corrected chi connectivity index (χ0v) is 15.7. The molecule has 6 nitrogen and oxygen atoms in total. The molecule has 0 radical (unpaired) electrons. The molecule has 2 aliphatic heterocycles. The van der Waals surface area contributed by atoms with Crippen LogP contribution in [0, 0.1) is 12.3 Å². The fraction of sp³-hybridized carbons (Fsp3) is 0.476. The van der Waals surface area contributed by atoms with Gasteiger partial charge >= 0.3 is 5.97 Å². The third kappa shape index (κ3) is 2.83. The first-order valence-corrected chi connectivity index (χ1v) is 9.50. The lowest BCUT2D eigenvalue weighted by molar-refractivity contribution is -0.157. The summed E-state index contributed by atoms with van der Waals surface area (Å²) >= 11 is 0. The molecule has 2 bridgehead atoms. The molecule has 6 heteroatoms. The number of carbonyl (C=O) groups is 2. The van der Waals surface area contributed by atoms with Gasteiger partial charge in [-0.05, 0) is 45.1 Å². The van der Waals surface area contributed by atoms with Crippen LogP contribution in [0.4, 0.5) is 0 Å². The first-order chi connectivity index (χ1) is 13.1. The Kier molecular flexibility index (Phi) is 4.50. The molecule has 1 amide bonds. The van der Waals surface area contributed by atoms with Gasteiger partial charge in [0.2, 0.25) is 5.76 Å². The molecule has 4 rings (SSSR count). The van der Waals surface area contributed by atoms with E-state index in [9.17, 15) is 9.59 Å². The summed E-state index contributed by atoms with van der Waals surface area (Å²) < 4.78 is 10.8. The van der Waals surface area contributed by atoms with Gasteiger partial charge in [-0.2, -0.15) is 0 Å². The van der Waals surface area contributed by atoms with Gasteiger partial charge in [0, 0.05) is 12.1 Å². The van der Waals surface area contributed by atoms with Gasteiger partial charge in [-0.15, -0.1) is 0 Å². The van der Waals surface area contributed by atoms with E-state index in [0.717, 1.165) is 18.4 Å². The number of oxazole rings is 1. The molecule has 27 heavy (non-hydrogen) atoms. The van der Waals surface area contributed by atoms with Gasteiger partial charge in [-0.3, -0.25) is 9.59 Å².